The topological polar surface area (TPSA) is 56.7 Å². The van der Waals surface area contributed by atoms with Crippen LogP contribution in [0.15, 0.2) is 6.20 Å². The summed E-state index contributed by atoms with van der Waals surface area (Å²) in [7, 11) is 0. The molecule has 0 amide bonds. The summed E-state index contributed by atoms with van der Waals surface area (Å²) in [4.78, 5) is 0. The standard InChI is InChI=1S/C6H10N4/c1-4-3-10(9-8-4)6-2-5(6)7/h3,5-6H,2,7H2,1H3. The first kappa shape index (κ1) is 5.85. The monoisotopic (exact) mass is 138 g/mol. The van der Waals surface area contributed by atoms with E-state index in [1.165, 1.54) is 0 Å². The van der Waals surface area contributed by atoms with Crippen LogP contribution in [0.25, 0.3) is 0 Å². The Morgan fingerprint density at radius 3 is 2.90 bits per heavy atom. The molecule has 2 N–H and O–H groups in total. The average molecular weight is 138 g/mol. The van der Waals surface area contributed by atoms with Crippen LogP contribution < -0.4 is 5.73 Å². The van der Waals surface area contributed by atoms with Gasteiger partial charge in [-0.25, -0.2) is 4.68 Å². The second-order valence-electron chi connectivity index (χ2n) is 2.81. The van der Waals surface area contributed by atoms with Crippen LogP contribution in [0.5, 0.6) is 0 Å². The highest BCUT2D eigenvalue weighted by molar-refractivity contribution is 4.98. The van der Waals surface area contributed by atoms with Gasteiger partial charge in [0.25, 0.3) is 0 Å². The van der Waals surface area contributed by atoms with Crippen LogP contribution in [0.1, 0.15) is 18.2 Å². The van der Waals surface area contributed by atoms with E-state index in [1.54, 1.807) is 0 Å². The van der Waals surface area contributed by atoms with Gasteiger partial charge in [-0.1, -0.05) is 5.21 Å². The number of nitrogens with two attached hydrogens (primary N) is 1. The summed E-state index contributed by atoms with van der Waals surface area (Å²) in [6.07, 6.45) is 2.97. The van der Waals surface area contributed by atoms with Crippen LogP contribution in [0.3, 0.4) is 0 Å². The Morgan fingerprint density at radius 2 is 2.50 bits per heavy atom. The first-order valence-electron chi connectivity index (χ1n) is 3.41. The highest BCUT2D eigenvalue weighted by Crippen LogP contribution is 2.32. The fourth-order valence-electron chi connectivity index (χ4n) is 1.03. The molecule has 1 saturated carbocycles. The molecular formula is C6H10N4. The summed E-state index contributed by atoms with van der Waals surface area (Å²) >= 11 is 0. The summed E-state index contributed by atoms with van der Waals surface area (Å²) in [5.74, 6) is 0. The predicted molar refractivity (Wildman–Crippen MR) is 36.4 cm³/mol. The summed E-state index contributed by atoms with van der Waals surface area (Å²) in [5.41, 5.74) is 6.58. The Hall–Kier alpha value is -0.900. The second-order valence-corrected chi connectivity index (χ2v) is 2.81. The van der Waals surface area contributed by atoms with Crippen molar-refractivity contribution in [1.82, 2.24) is 15.0 Å². The first-order valence-corrected chi connectivity index (χ1v) is 3.41. The summed E-state index contributed by atoms with van der Waals surface area (Å²) < 4.78 is 1.85. The minimum Gasteiger partial charge on any atom is -0.326 e. The molecule has 2 unspecified atom stereocenters. The highest BCUT2D eigenvalue weighted by Gasteiger charge is 2.36. The van der Waals surface area contributed by atoms with Gasteiger partial charge in [0.2, 0.25) is 0 Å². The van der Waals surface area contributed by atoms with Crippen molar-refractivity contribution in [1.29, 1.82) is 0 Å². The molecule has 1 aliphatic carbocycles. The fraction of sp³-hybridized carbons (Fsp3) is 0.667. The van der Waals surface area contributed by atoms with Crippen molar-refractivity contribution < 1.29 is 0 Å². The lowest BCUT2D eigenvalue weighted by molar-refractivity contribution is 0.595. The third-order valence-electron chi connectivity index (χ3n) is 1.77. The summed E-state index contributed by atoms with van der Waals surface area (Å²) in [5, 5.41) is 7.78. The predicted octanol–water partition coefficient (Wildman–Crippen LogP) is -0.141. The maximum absolute atomic E-state index is 5.62. The molecule has 0 spiro atoms. The summed E-state index contributed by atoms with van der Waals surface area (Å²) in [6.45, 7) is 1.93. The van der Waals surface area contributed by atoms with Gasteiger partial charge >= 0.3 is 0 Å². The number of aryl methyl sites for hydroxylation is 1. The van der Waals surface area contributed by atoms with Crippen molar-refractivity contribution in [2.75, 3.05) is 0 Å². The average Bonchev–Trinajstić information content (AvgIpc) is 2.42. The van der Waals surface area contributed by atoms with Crippen LogP contribution in [0, 0.1) is 6.92 Å². The molecule has 4 heteroatoms. The van der Waals surface area contributed by atoms with E-state index < -0.39 is 0 Å². The van der Waals surface area contributed by atoms with Crippen molar-refractivity contribution in [3.05, 3.63) is 11.9 Å². The summed E-state index contributed by atoms with van der Waals surface area (Å²) in [6, 6.07) is 0.724. The molecule has 1 aliphatic rings. The molecule has 1 heterocycles. The van der Waals surface area contributed by atoms with Gasteiger partial charge in [0, 0.05) is 12.2 Å². The third-order valence-corrected chi connectivity index (χ3v) is 1.77. The van der Waals surface area contributed by atoms with Gasteiger partial charge in [-0.15, -0.1) is 5.10 Å². The number of hydrogen-bond acceptors (Lipinski definition) is 3. The van der Waals surface area contributed by atoms with E-state index in [9.17, 15) is 0 Å². The van der Waals surface area contributed by atoms with Crippen molar-refractivity contribution >= 4 is 0 Å². The van der Waals surface area contributed by atoms with Gasteiger partial charge in [0.15, 0.2) is 0 Å². The van der Waals surface area contributed by atoms with Gasteiger partial charge in [-0.05, 0) is 13.3 Å². The molecular weight excluding hydrogens is 128 g/mol. The zero-order valence-corrected chi connectivity index (χ0v) is 5.86. The maximum atomic E-state index is 5.62. The van der Waals surface area contributed by atoms with E-state index in [0.717, 1.165) is 12.1 Å². The molecule has 1 fully saturated rings. The fourth-order valence-corrected chi connectivity index (χ4v) is 1.03. The lowest BCUT2D eigenvalue weighted by Crippen LogP contribution is -2.06. The molecule has 4 nitrogen and oxygen atoms in total. The SMILES string of the molecule is Cc1cn(C2CC2N)nn1. The van der Waals surface area contributed by atoms with E-state index in [1.807, 2.05) is 17.8 Å². The minimum atomic E-state index is 0.307. The largest absolute Gasteiger partial charge is 0.326 e. The number of nitrogens with zero attached hydrogens (tertiary/aromatic N) is 3. The lowest BCUT2D eigenvalue weighted by Gasteiger charge is -1.91. The van der Waals surface area contributed by atoms with Gasteiger partial charge in [0.1, 0.15) is 0 Å². The van der Waals surface area contributed by atoms with Crippen LogP contribution in [0.4, 0.5) is 0 Å². The molecule has 0 saturated heterocycles. The lowest BCUT2D eigenvalue weighted by atomic mass is 10.5. The molecule has 0 aliphatic heterocycles. The number of rotatable bonds is 1. The molecule has 0 aromatic carbocycles. The molecule has 0 radical (unpaired) electrons. The Kier molecular flexibility index (Phi) is 1.05. The molecule has 2 rings (SSSR count). The molecule has 0 bridgehead atoms. The zero-order chi connectivity index (χ0) is 7.14. The zero-order valence-electron chi connectivity index (χ0n) is 5.86. The molecule has 1 aromatic heterocycles. The van der Waals surface area contributed by atoms with Gasteiger partial charge in [-0.2, -0.15) is 0 Å². The second kappa shape index (κ2) is 1.79. The normalized spacial score (nSPS) is 30.6. The smallest absolute Gasteiger partial charge is 0.0796 e. The molecule has 1 aromatic rings. The Bertz CT molecular complexity index is 242. The van der Waals surface area contributed by atoms with Crippen molar-refractivity contribution in [2.45, 2.75) is 25.4 Å². The first-order chi connectivity index (χ1) is 4.77. The minimum absolute atomic E-state index is 0.307. The third kappa shape index (κ3) is 0.806. The van der Waals surface area contributed by atoms with E-state index in [-0.39, 0.29) is 0 Å². The Morgan fingerprint density at radius 1 is 1.80 bits per heavy atom. The van der Waals surface area contributed by atoms with Crippen molar-refractivity contribution in [3.8, 4) is 0 Å². The van der Waals surface area contributed by atoms with E-state index in [2.05, 4.69) is 10.3 Å². The number of aromatic nitrogens is 3. The molecule has 54 valence electrons. The highest BCUT2D eigenvalue weighted by atomic mass is 15.4. The van der Waals surface area contributed by atoms with Gasteiger partial charge in [-0.3, -0.25) is 0 Å². The van der Waals surface area contributed by atoms with E-state index in [4.69, 9.17) is 5.73 Å². The quantitative estimate of drug-likeness (QED) is 0.587. The van der Waals surface area contributed by atoms with Crippen LogP contribution in [0.2, 0.25) is 0 Å². The van der Waals surface area contributed by atoms with E-state index in [0.29, 0.717) is 12.1 Å². The number of hydrogen-bond donors (Lipinski definition) is 1. The molecule has 2 atom stereocenters. The van der Waals surface area contributed by atoms with Crippen LogP contribution in [-0.2, 0) is 0 Å². The Balaban J connectivity index is 2.20. The maximum Gasteiger partial charge on any atom is 0.0796 e. The van der Waals surface area contributed by atoms with E-state index >= 15 is 0 Å². The Labute approximate surface area is 59.0 Å². The van der Waals surface area contributed by atoms with Crippen LogP contribution >= 0.6 is 0 Å². The van der Waals surface area contributed by atoms with Crippen molar-refractivity contribution in [3.63, 3.8) is 0 Å². The van der Waals surface area contributed by atoms with Gasteiger partial charge in [0.05, 0.1) is 11.7 Å². The van der Waals surface area contributed by atoms with Crippen LogP contribution in [-0.4, -0.2) is 21.0 Å². The van der Waals surface area contributed by atoms with Gasteiger partial charge < -0.3 is 5.73 Å². The molecule has 10 heavy (non-hydrogen) atoms. The van der Waals surface area contributed by atoms with Crippen molar-refractivity contribution in [2.24, 2.45) is 5.73 Å².